The smallest absolute Gasteiger partial charge is 0.264 e. The van der Waals surface area contributed by atoms with E-state index in [9.17, 15) is 9.59 Å². The molecule has 0 spiro atoms. The molecule has 142 valence electrons. The summed E-state index contributed by atoms with van der Waals surface area (Å²) in [6, 6.07) is 11.5. The summed E-state index contributed by atoms with van der Waals surface area (Å²) in [6.45, 7) is 2.43. The first-order valence-electron chi connectivity index (χ1n) is 9.97. The molecule has 0 atom stereocenters. The highest BCUT2D eigenvalue weighted by atomic mass is 32.1. The van der Waals surface area contributed by atoms with Gasteiger partial charge in [-0.15, -0.1) is 11.3 Å². The van der Waals surface area contributed by atoms with Gasteiger partial charge in [-0.3, -0.25) is 9.59 Å². The van der Waals surface area contributed by atoms with Crippen LogP contribution in [-0.2, 0) is 12.8 Å². The maximum atomic E-state index is 13.0. The molecule has 0 N–H and O–H groups in total. The van der Waals surface area contributed by atoms with E-state index in [1.54, 1.807) is 11.3 Å². The maximum absolute atomic E-state index is 13.0. The molecule has 2 aromatic rings. The highest BCUT2D eigenvalue weighted by Gasteiger charge is 2.27. The van der Waals surface area contributed by atoms with Crippen molar-refractivity contribution in [2.75, 3.05) is 26.2 Å². The molecular weight excluding hydrogens is 356 g/mol. The van der Waals surface area contributed by atoms with E-state index in [4.69, 9.17) is 0 Å². The Bertz CT molecular complexity index is 781. The second kappa shape index (κ2) is 8.26. The van der Waals surface area contributed by atoms with Crippen LogP contribution in [0.5, 0.6) is 0 Å². The number of rotatable bonds is 2. The first-order valence-corrected chi connectivity index (χ1v) is 10.8. The molecule has 4 rings (SSSR count). The average Bonchev–Trinajstić information content (AvgIpc) is 3.09. The molecule has 0 unspecified atom stereocenters. The molecule has 1 aliphatic carbocycles. The van der Waals surface area contributed by atoms with Gasteiger partial charge in [-0.1, -0.05) is 31.0 Å². The first kappa shape index (κ1) is 18.2. The Morgan fingerprint density at radius 1 is 0.778 bits per heavy atom. The SMILES string of the molecule is O=C(c1ccccc1)N1CCN(C(=O)c2cc3c(s2)CCCCCC3)CC1. The monoisotopic (exact) mass is 382 g/mol. The summed E-state index contributed by atoms with van der Waals surface area (Å²) in [7, 11) is 0. The highest BCUT2D eigenvalue weighted by Crippen LogP contribution is 2.29. The molecule has 1 fully saturated rings. The fraction of sp³-hybridized carbons (Fsp3) is 0.455. The number of benzene rings is 1. The Kier molecular flexibility index (Phi) is 5.58. The van der Waals surface area contributed by atoms with Gasteiger partial charge in [-0.05, 0) is 49.4 Å². The van der Waals surface area contributed by atoms with Gasteiger partial charge in [0.2, 0.25) is 0 Å². The van der Waals surface area contributed by atoms with Crippen molar-refractivity contribution in [3.63, 3.8) is 0 Å². The molecule has 2 heterocycles. The van der Waals surface area contributed by atoms with Gasteiger partial charge in [0.25, 0.3) is 11.8 Å². The number of hydrogen-bond donors (Lipinski definition) is 0. The normalized spacial score (nSPS) is 17.8. The third-order valence-corrected chi connectivity index (χ3v) is 6.81. The fourth-order valence-corrected chi connectivity index (χ4v) is 5.20. The van der Waals surface area contributed by atoms with E-state index < -0.39 is 0 Å². The van der Waals surface area contributed by atoms with Gasteiger partial charge in [-0.25, -0.2) is 0 Å². The third-order valence-electron chi connectivity index (χ3n) is 5.58. The van der Waals surface area contributed by atoms with Crippen molar-refractivity contribution in [2.45, 2.75) is 38.5 Å². The van der Waals surface area contributed by atoms with Crippen LogP contribution >= 0.6 is 11.3 Å². The molecular formula is C22H26N2O2S. The van der Waals surface area contributed by atoms with Crippen molar-refractivity contribution < 1.29 is 9.59 Å². The summed E-state index contributed by atoms with van der Waals surface area (Å²) >= 11 is 1.69. The van der Waals surface area contributed by atoms with E-state index in [0.29, 0.717) is 26.2 Å². The van der Waals surface area contributed by atoms with Gasteiger partial charge >= 0.3 is 0 Å². The molecule has 1 aromatic heterocycles. The maximum Gasteiger partial charge on any atom is 0.264 e. The van der Waals surface area contributed by atoms with E-state index in [1.165, 1.54) is 36.1 Å². The fourth-order valence-electron chi connectivity index (χ4n) is 3.98. The zero-order valence-electron chi connectivity index (χ0n) is 15.7. The van der Waals surface area contributed by atoms with Crippen LogP contribution in [0, 0.1) is 0 Å². The molecule has 0 saturated carbocycles. The minimum absolute atomic E-state index is 0.0572. The summed E-state index contributed by atoms with van der Waals surface area (Å²) in [5.74, 6) is 0.195. The lowest BCUT2D eigenvalue weighted by Crippen LogP contribution is -2.50. The lowest BCUT2D eigenvalue weighted by atomic mass is 10.00. The number of thiophene rings is 1. The average molecular weight is 383 g/mol. The molecule has 4 nitrogen and oxygen atoms in total. The van der Waals surface area contributed by atoms with Crippen molar-refractivity contribution >= 4 is 23.2 Å². The Hall–Kier alpha value is -2.14. The molecule has 5 heteroatoms. The Morgan fingerprint density at radius 3 is 2.11 bits per heavy atom. The van der Waals surface area contributed by atoms with Crippen LogP contribution in [0.25, 0.3) is 0 Å². The first-order chi connectivity index (χ1) is 13.2. The predicted octanol–water partition coefficient (Wildman–Crippen LogP) is 4.01. The second-order valence-corrected chi connectivity index (χ2v) is 8.56. The third kappa shape index (κ3) is 4.08. The summed E-state index contributed by atoms with van der Waals surface area (Å²) < 4.78 is 0. The minimum Gasteiger partial charge on any atom is -0.335 e. The van der Waals surface area contributed by atoms with Gasteiger partial charge in [0, 0.05) is 36.6 Å². The van der Waals surface area contributed by atoms with Crippen LogP contribution < -0.4 is 0 Å². The molecule has 2 aliphatic rings. The van der Waals surface area contributed by atoms with Crippen molar-refractivity contribution in [2.24, 2.45) is 0 Å². The topological polar surface area (TPSA) is 40.6 Å². The van der Waals surface area contributed by atoms with Crippen LogP contribution in [0.15, 0.2) is 36.4 Å². The zero-order chi connectivity index (χ0) is 18.6. The van der Waals surface area contributed by atoms with Gasteiger partial charge in [0.1, 0.15) is 0 Å². The number of nitrogens with zero attached hydrogens (tertiary/aromatic N) is 2. The Labute approximate surface area is 164 Å². The summed E-state index contributed by atoms with van der Waals surface area (Å²) in [6.07, 6.45) is 7.30. The van der Waals surface area contributed by atoms with Crippen LogP contribution in [0.4, 0.5) is 0 Å². The summed E-state index contributed by atoms with van der Waals surface area (Å²) in [4.78, 5) is 31.6. The number of carbonyl (C=O) groups excluding carboxylic acids is 2. The van der Waals surface area contributed by atoms with Crippen molar-refractivity contribution in [1.29, 1.82) is 0 Å². The lowest BCUT2D eigenvalue weighted by Gasteiger charge is -2.34. The summed E-state index contributed by atoms with van der Waals surface area (Å²) in [5.41, 5.74) is 2.11. The number of piperazine rings is 1. The van der Waals surface area contributed by atoms with Crippen LogP contribution in [-0.4, -0.2) is 47.8 Å². The van der Waals surface area contributed by atoms with E-state index in [2.05, 4.69) is 6.07 Å². The van der Waals surface area contributed by atoms with Crippen LogP contribution in [0.1, 0.15) is 56.2 Å². The van der Waals surface area contributed by atoms with E-state index in [-0.39, 0.29) is 11.8 Å². The van der Waals surface area contributed by atoms with E-state index >= 15 is 0 Å². The standard InChI is InChI=1S/C22H26N2O2S/c25-21(17-8-5-3-6-9-17)23-12-14-24(15-13-23)22(26)20-16-18-10-4-1-2-7-11-19(18)27-20/h3,5-6,8-9,16H,1-2,4,7,10-15H2. The van der Waals surface area contributed by atoms with Crippen molar-refractivity contribution in [3.8, 4) is 0 Å². The molecule has 1 aliphatic heterocycles. The molecule has 27 heavy (non-hydrogen) atoms. The van der Waals surface area contributed by atoms with E-state index in [1.807, 2.05) is 40.1 Å². The Balaban J connectivity index is 1.39. The lowest BCUT2D eigenvalue weighted by molar-refractivity contribution is 0.0538. The number of carbonyl (C=O) groups is 2. The molecule has 0 radical (unpaired) electrons. The van der Waals surface area contributed by atoms with E-state index in [0.717, 1.165) is 23.3 Å². The second-order valence-electron chi connectivity index (χ2n) is 7.42. The van der Waals surface area contributed by atoms with Crippen LogP contribution in [0.3, 0.4) is 0 Å². The minimum atomic E-state index is 0.0572. The number of fused-ring (bicyclic) bond motifs is 1. The largest absolute Gasteiger partial charge is 0.335 e. The van der Waals surface area contributed by atoms with Gasteiger partial charge in [0.15, 0.2) is 0 Å². The van der Waals surface area contributed by atoms with Gasteiger partial charge in [0.05, 0.1) is 4.88 Å². The van der Waals surface area contributed by atoms with Crippen LogP contribution in [0.2, 0.25) is 0 Å². The molecule has 1 aromatic carbocycles. The molecule has 0 bridgehead atoms. The Morgan fingerprint density at radius 2 is 1.41 bits per heavy atom. The van der Waals surface area contributed by atoms with Gasteiger partial charge in [-0.2, -0.15) is 0 Å². The summed E-state index contributed by atoms with van der Waals surface area (Å²) in [5, 5.41) is 0. The molecule has 1 saturated heterocycles. The number of aryl methyl sites for hydroxylation is 2. The quantitative estimate of drug-likeness (QED) is 0.787. The zero-order valence-corrected chi connectivity index (χ0v) is 16.5. The highest BCUT2D eigenvalue weighted by molar-refractivity contribution is 7.14. The van der Waals surface area contributed by atoms with Gasteiger partial charge < -0.3 is 9.80 Å². The molecule has 2 amide bonds. The van der Waals surface area contributed by atoms with Crippen molar-refractivity contribution in [1.82, 2.24) is 9.80 Å². The predicted molar refractivity (Wildman–Crippen MR) is 108 cm³/mol. The number of hydrogen-bond acceptors (Lipinski definition) is 3. The number of amides is 2. The van der Waals surface area contributed by atoms with Crippen molar-refractivity contribution in [3.05, 3.63) is 57.3 Å².